The van der Waals surface area contributed by atoms with Gasteiger partial charge in [-0.05, 0) is 25.5 Å². The van der Waals surface area contributed by atoms with Crippen LogP contribution in [0.1, 0.15) is 37.9 Å². The first-order chi connectivity index (χ1) is 8.22. The van der Waals surface area contributed by atoms with Crippen LogP contribution in [0, 0.1) is 0 Å². The first-order valence-electron chi connectivity index (χ1n) is 6.12. The topological polar surface area (TPSA) is 63.8 Å². The van der Waals surface area contributed by atoms with Crippen molar-refractivity contribution in [2.24, 2.45) is 0 Å². The monoisotopic (exact) mass is 252 g/mol. The highest BCUT2D eigenvalue weighted by molar-refractivity contribution is 7.98. The van der Waals surface area contributed by atoms with Crippen LogP contribution in [0.3, 0.4) is 0 Å². The summed E-state index contributed by atoms with van der Waals surface area (Å²) in [6, 6.07) is 2.28. The molecule has 1 aliphatic rings. The molecule has 1 atom stereocenters. The predicted octanol–water partition coefficient (Wildman–Crippen LogP) is 2.49. The minimum Gasteiger partial charge on any atom is -0.384 e. The van der Waals surface area contributed by atoms with Gasteiger partial charge in [-0.2, -0.15) is 11.8 Å². The summed E-state index contributed by atoms with van der Waals surface area (Å²) in [5.41, 5.74) is 5.82. The van der Waals surface area contributed by atoms with Gasteiger partial charge < -0.3 is 11.1 Å². The van der Waals surface area contributed by atoms with Crippen LogP contribution in [-0.2, 0) is 0 Å². The van der Waals surface area contributed by atoms with E-state index < -0.39 is 0 Å². The molecule has 0 spiro atoms. The number of nitrogens with zero attached hydrogens (tertiary/aromatic N) is 2. The van der Waals surface area contributed by atoms with Crippen molar-refractivity contribution in [3.05, 3.63) is 11.9 Å². The van der Waals surface area contributed by atoms with E-state index in [0.29, 0.717) is 17.8 Å². The summed E-state index contributed by atoms with van der Waals surface area (Å²) < 4.78 is 0. The zero-order valence-corrected chi connectivity index (χ0v) is 11.3. The van der Waals surface area contributed by atoms with Crippen molar-refractivity contribution in [2.45, 2.75) is 38.1 Å². The highest BCUT2D eigenvalue weighted by Gasteiger charge is 2.27. The quantitative estimate of drug-likeness (QED) is 0.814. The minimum atomic E-state index is 0.450. The van der Waals surface area contributed by atoms with Crippen molar-refractivity contribution in [3.8, 4) is 0 Å². The maximum atomic E-state index is 5.82. The number of nitrogens with two attached hydrogens (primary N) is 1. The van der Waals surface area contributed by atoms with Crippen LogP contribution >= 0.6 is 11.8 Å². The maximum absolute atomic E-state index is 5.82. The molecule has 1 unspecified atom stereocenters. The molecule has 0 bridgehead atoms. The number of rotatable bonds is 6. The standard InChI is InChI=1S/C12H20N4S/c1-3-9(7-17-2)14-11-6-10(13)15-12(16-11)8-4-5-8/h6,8-9H,3-5,7H2,1-2H3,(H3,13,14,15,16). The van der Waals surface area contributed by atoms with Crippen LogP contribution in [0.4, 0.5) is 11.6 Å². The van der Waals surface area contributed by atoms with Gasteiger partial charge in [-0.15, -0.1) is 0 Å². The molecule has 94 valence electrons. The van der Waals surface area contributed by atoms with Crippen LogP contribution in [0.15, 0.2) is 6.07 Å². The van der Waals surface area contributed by atoms with E-state index in [4.69, 9.17) is 5.73 Å². The summed E-state index contributed by atoms with van der Waals surface area (Å²) in [4.78, 5) is 8.85. The van der Waals surface area contributed by atoms with E-state index in [1.54, 1.807) is 0 Å². The lowest BCUT2D eigenvalue weighted by Gasteiger charge is -2.17. The number of nitrogens with one attached hydrogen (secondary N) is 1. The summed E-state index contributed by atoms with van der Waals surface area (Å²) in [6.07, 6.45) is 5.60. The molecule has 4 nitrogen and oxygen atoms in total. The van der Waals surface area contributed by atoms with E-state index >= 15 is 0 Å². The minimum absolute atomic E-state index is 0.450. The highest BCUT2D eigenvalue weighted by atomic mass is 32.2. The molecule has 0 saturated heterocycles. The van der Waals surface area contributed by atoms with Gasteiger partial charge in [0.05, 0.1) is 0 Å². The molecular weight excluding hydrogens is 232 g/mol. The zero-order chi connectivity index (χ0) is 12.3. The van der Waals surface area contributed by atoms with Crippen molar-refractivity contribution in [2.75, 3.05) is 23.1 Å². The molecule has 0 aromatic carbocycles. The second kappa shape index (κ2) is 5.58. The highest BCUT2D eigenvalue weighted by Crippen LogP contribution is 2.38. The van der Waals surface area contributed by atoms with Crippen LogP contribution < -0.4 is 11.1 Å². The Hall–Kier alpha value is -0.970. The molecule has 1 aromatic heterocycles. The number of nitrogen functional groups attached to an aromatic ring is 1. The molecule has 1 heterocycles. The van der Waals surface area contributed by atoms with Crippen LogP contribution in [0.25, 0.3) is 0 Å². The van der Waals surface area contributed by atoms with E-state index in [2.05, 4.69) is 28.5 Å². The summed E-state index contributed by atoms with van der Waals surface area (Å²) in [6.45, 7) is 2.18. The van der Waals surface area contributed by atoms with Crippen molar-refractivity contribution in [3.63, 3.8) is 0 Å². The summed E-state index contributed by atoms with van der Waals surface area (Å²) >= 11 is 1.84. The van der Waals surface area contributed by atoms with E-state index in [1.165, 1.54) is 12.8 Å². The predicted molar refractivity (Wildman–Crippen MR) is 74.5 cm³/mol. The molecule has 0 amide bonds. The second-order valence-corrected chi connectivity index (χ2v) is 5.43. The molecule has 0 aliphatic heterocycles. The lowest BCUT2D eigenvalue weighted by atomic mass is 10.2. The van der Waals surface area contributed by atoms with E-state index in [-0.39, 0.29) is 0 Å². The summed E-state index contributed by atoms with van der Waals surface area (Å²) in [5, 5.41) is 3.44. The van der Waals surface area contributed by atoms with Gasteiger partial charge in [0.15, 0.2) is 0 Å². The van der Waals surface area contributed by atoms with E-state index in [0.717, 1.165) is 23.8 Å². The fourth-order valence-corrected chi connectivity index (χ4v) is 2.48. The zero-order valence-electron chi connectivity index (χ0n) is 10.4. The Balaban J connectivity index is 2.08. The largest absolute Gasteiger partial charge is 0.384 e. The Morgan fingerprint density at radius 1 is 1.53 bits per heavy atom. The van der Waals surface area contributed by atoms with Crippen molar-refractivity contribution in [1.29, 1.82) is 0 Å². The second-order valence-electron chi connectivity index (χ2n) is 4.52. The number of hydrogen-bond acceptors (Lipinski definition) is 5. The Morgan fingerprint density at radius 3 is 2.88 bits per heavy atom. The average Bonchev–Trinajstić information content (AvgIpc) is 3.11. The SMILES string of the molecule is CCC(CSC)Nc1cc(N)nc(C2CC2)n1. The van der Waals surface area contributed by atoms with Crippen LogP contribution in [0.5, 0.6) is 0 Å². The molecule has 2 rings (SSSR count). The summed E-state index contributed by atoms with van der Waals surface area (Å²) in [5.74, 6) is 3.98. The fraction of sp³-hybridized carbons (Fsp3) is 0.667. The van der Waals surface area contributed by atoms with Gasteiger partial charge >= 0.3 is 0 Å². The lowest BCUT2D eigenvalue weighted by molar-refractivity contribution is 0.765. The van der Waals surface area contributed by atoms with Crippen molar-refractivity contribution >= 4 is 23.4 Å². The van der Waals surface area contributed by atoms with Crippen LogP contribution in [0.2, 0.25) is 0 Å². The van der Waals surface area contributed by atoms with Gasteiger partial charge in [-0.1, -0.05) is 6.92 Å². The molecule has 3 N–H and O–H groups in total. The fourth-order valence-electron chi connectivity index (χ4n) is 1.76. The van der Waals surface area contributed by atoms with Crippen LogP contribution in [-0.4, -0.2) is 28.0 Å². The third kappa shape index (κ3) is 3.49. The molecule has 5 heteroatoms. The number of anilines is 2. The molecule has 1 aliphatic carbocycles. The van der Waals surface area contributed by atoms with Crippen molar-refractivity contribution < 1.29 is 0 Å². The Bertz CT molecular complexity index is 379. The number of hydrogen-bond donors (Lipinski definition) is 2. The number of thioether (sulfide) groups is 1. The van der Waals surface area contributed by atoms with Gasteiger partial charge in [-0.25, -0.2) is 9.97 Å². The Morgan fingerprint density at radius 2 is 2.29 bits per heavy atom. The first kappa shape index (κ1) is 12.5. The van der Waals surface area contributed by atoms with E-state index in [1.807, 2.05) is 17.8 Å². The molecule has 1 aromatic rings. The first-order valence-corrected chi connectivity index (χ1v) is 7.52. The smallest absolute Gasteiger partial charge is 0.136 e. The van der Waals surface area contributed by atoms with Gasteiger partial charge in [0.1, 0.15) is 17.5 Å². The van der Waals surface area contributed by atoms with E-state index in [9.17, 15) is 0 Å². The lowest BCUT2D eigenvalue weighted by Crippen LogP contribution is -2.22. The molecular formula is C12H20N4S. The van der Waals surface area contributed by atoms with Gasteiger partial charge in [-0.3, -0.25) is 0 Å². The Labute approximate surface area is 107 Å². The summed E-state index contributed by atoms with van der Waals surface area (Å²) in [7, 11) is 0. The normalized spacial score (nSPS) is 16.8. The molecule has 0 radical (unpaired) electrons. The maximum Gasteiger partial charge on any atom is 0.136 e. The average molecular weight is 252 g/mol. The van der Waals surface area contributed by atoms with Gasteiger partial charge in [0.2, 0.25) is 0 Å². The van der Waals surface area contributed by atoms with Crippen molar-refractivity contribution in [1.82, 2.24) is 9.97 Å². The molecule has 17 heavy (non-hydrogen) atoms. The third-order valence-corrected chi connectivity index (χ3v) is 3.65. The van der Waals surface area contributed by atoms with Gasteiger partial charge in [0, 0.05) is 23.8 Å². The van der Waals surface area contributed by atoms with Gasteiger partial charge in [0.25, 0.3) is 0 Å². The molecule has 1 fully saturated rings. The number of aromatic nitrogens is 2. The third-order valence-electron chi connectivity index (χ3n) is 2.92. The molecule has 1 saturated carbocycles. The Kier molecular flexibility index (Phi) is 4.10.